The first-order chi connectivity index (χ1) is 8.79. The molecule has 0 atom stereocenters. The molecule has 0 aliphatic heterocycles. The molecule has 3 N–H and O–H groups in total. The monoisotopic (exact) mass is 240 g/mol. The lowest BCUT2D eigenvalue weighted by Crippen LogP contribution is -2.04. The van der Waals surface area contributed by atoms with Crippen LogP contribution in [0, 0.1) is 6.92 Å². The maximum absolute atomic E-state index is 4.40. The predicted octanol–water partition coefficient (Wildman–Crippen LogP) is 2.59. The zero-order chi connectivity index (χ0) is 12.5. The Morgan fingerprint density at radius 2 is 2.11 bits per heavy atom. The molecule has 3 rings (SSSR count). The van der Waals surface area contributed by atoms with Gasteiger partial charge in [0.1, 0.15) is 0 Å². The van der Waals surface area contributed by atoms with Gasteiger partial charge in [-0.1, -0.05) is 18.2 Å². The van der Waals surface area contributed by atoms with Crippen LogP contribution in [0.5, 0.6) is 0 Å². The fraction of sp³-hybridized carbons (Fsp3) is 0.214. The number of nitrogens with one attached hydrogen (secondary N) is 3. The van der Waals surface area contributed by atoms with E-state index in [4.69, 9.17) is 0 Å². The van der Waals surface area contributed by atoms with Crippen molar-refractivity contribution >= 4 is 10.9 Å². The van der Waals surface area contributed by atoms with Gasteiger partial charge in [0.05, 0.1) is 5.69 Å². The van der Waals surface area contributed by atoms with Gasteiger partial charge in [-0.05, 0) is 26.1 Å². The summed E-state index contributed by atoms with van der Waals surface area (Å²) in [4.78, 5) is 3.40. The molecule has 4 heteroatoms. The molecule has 0 spiro atoms. The summed E-state index contributed by atoms with van der Waals surface area (Å²) < 4.78 is 0. The van der Waals surface area contributed by atoms with Crippen LogP contribution in [0.15, 0.2) is 30.3 Å². The Bertz CT molecular complexity index is 678. The molecule has 1 aromatic carbocycles. The molecule has 0 aliphatic rings. The number of para-hydroxylation sites is 1. The smallest absolute Gasteiger partial charge is 0.0948 e. The topological polar surface area (TPSA) is 56.5 Å². The van der Waals surface area contributed by atoms with Crippen molar-refractivity contribution in [3.05, 3.63) is 41.7 Å². The van der Waals surface area contributed by atoms with Gasteiger partial charge in [-0.3, -0.25) is 5.10 Å². The molecule has 0 fully saturated rings. The van der Waals surface area contributed by atoms with Crippen molar-refractivity contribution in [1.29, 1.82) is 0 Å². The van der Waals surface area contributed by atoms with E-state index >= 15 is 0 Å². The highest BCUT2D eigenvalue weighted by atomic mass is 15.1. The predicted molar refractivity (Wildman–Crippen MR) is 73.4 cm³/mol. The van der Waals surface area contributed by atoms with E-state index in [1.165, 1.54) is 10.9 Å². The lowest BCUT2D eigenvalue weighted by molar-refractivity contribution is 0.784. The number of nitrogens with zero attached hydrogens (tertiary/aromatic N) is 1. The third-order valence-electron chi connectivity index (χ3n) is 3.15. The lowest BCUT2D eigenvalue weighted by atomic mass is 10.1. The summed E-state index contributed by atoms with van der Waals surface area (Å²) in [5, 5.41) is 11.8. The SMILES string of the molecule is CNCc1cc(-c2c(C)[nH]c3ccccc23)n[nH]1. The van der Waals surface area contributed by atoms with Gasteiger partial charge in [0, 0.05) is 34.4 Å². The molecule has 2 heterocycles. The van der Waals surface area contributed by atoms with Gasteiger partial charge in [0.15, 0.2) is 0 Å². The Balaban J connectivity index is 2.15. The van der Waals surface area contributed by atoms with Gasteiger partial charge in [-0.2, -0.15) is 5.10 Å². The molecule has 92 valence electrons. The molecule has 0 unspecified atom stereocenters. The summed E-state index contributed by atoms with van der Waals surface area (Å²) in [7, 11) is 1.93. The standard InChI is InChI=1S/C14H16N4/c1-9-14(11-5-3-4-6-12(11)16-9)13-7-10(8-15-2)17-18-13/h3-7,15-16H,8H2,1-2H3,(H,17,18). The first kappa shape index (κ1) is 11.0. The Hall–Kier alpha value is -2.07. The van der Waals surface area contributed by atoms with Crippen LogP contribution in [0.3, 0.4) is 0 Å². The highest BCUT2D eigenvalue weighted by Crippen LogP contribution is 2.30. The van der Waals surface area contributed by atoms with E-state index in [1.807, 2.05) is 13.1 Å². The van der Waals surface area contributed by atoms with E-state index in [9.17, 15) is 0 Å². The number of H-pyrrole nitrogens is 2. The largest absolute Gasteiger partial charge is 0.358 e. The fourth-order valence-corrected chi connectivity index (χ4v) is 2.38. The third kappa shape index (κ3) is 1.71. The van der Waals surface area contributed by atoms with Crippen LogP contribution in [0.4, 0.5) is 0 Å². The second kappa shape index (κ2) is 4.31. The summed E-state index contributed by atoms with van der Waals surface area (Å²) in [6.07, 6.45) is 0. The molecule has 18 heavy (non-hydrogen) atoms. The van der Waals surface area contributed by atoms with Crippen molar-refractivity contribution in [3.63, 3.8) is 0 Å². The second-order valence-corrected chi connectivity index (χ2v) is 4.48. The molecule has 0 bridgehead atoms. The average Bonchev–Trinajstić information content (AvgIpc) is 2.92. The minimum atomic E-state index is 0.800. The molecule has 0 amide bonds. The number of fused-ring (bicyclic) bond motifs is 1. The van der Waals surface area contributed by atoms with Crippen LogP contribution in [0.1, 0.15) is 11.4 Å². The van der Waals surface area contributed by atoms with Crippen molar-refractivity contribution in [3.8, 4) is 11.3 Å². The second-order valence-electron chi connectivity index (χ2n) is 4.48. The Labute approximate surface area is 105 Å². The van der Waals surface area contributed by atoms with Gasteiger partial charge < -0.3 is 10.3 Å². The van der Waals surface area contributed by atoms with Gasteiger partial charge in [-0.15, -0.1) is 0 Å². The normalized spacial score (nSPS) is 11.2. The number of hydrogen-bond donors (Lipinski definition) is 3. The van der Waals surface area contributed by atoms with Gasteiger partial charge in [0.2, 0.25) is 0 Å². The summed E-state index contributed by atoms with van der Waals surface area (Å²) in [6, 6.07) is 10.4. The highest BCUT2D eigenvalue weighted by Gasteiger charge is 2.12. The first-order valence-corrected chi connectivity index (χ1v) is 6.06. The van der Waals surface area contributed by atoms with Crippen molar-refractivity contribution in [1.82, 2.24) is 20.5 Å². The molecule has 0 aliphatic carbocycles. The molecular formula is C14H16N4. The van der Waals surface area contributed by atoms with Crippen LogP contribution in [0.2, 0.25) is 0 Å². The number of rotatable bonds is 3. The summed E-state index contributed by atoms with van der Waals surface area (Å²) in [5.41, 5.74) is 5.58. The first-order valence-electron chi connectivity index (χ1n) is 6.06. The summed E-state index contributed by atoms with van der Waals surface area (Å²) >= 11 is 0. The molecule has 3 aromatic rings. The van der Waals surface area contributed by atoms with E-state index in [0.29, 0.717) is 0 Å². The van der Waals surface area contributed by atoms with Gasteiger partial charge in [0.25, 0.3) is 0 Å². The maximum atomic E-state index is 4.40. The van der Waals surface area contributed by atoms with Gasteiger partial charge in [-0.25, -0.2) is 0 Å². The van der Waals surface area contributed by atoms with Crippen molar-refractivity contribution in [2.45, 2.75) is 13.5 Å². The van der Waals surface area contributed by atoms with Crippen LogP contribution >= 0.6 is 0 Å². The number of aromatic nitrogens is 3. The van der Waals surface area contributed by atoms with Crippen LogP contribution < -0.4 is 5.32 Å². The number of hydrogen-bond acceptors (Lipinski definition) is 2. The summed E-state index contributed by atoms with van der Waals surface area (Å²) in [5.74, 6) is 0. The molecular weight excluding hydrogens is 224 g/mol. The summed E-state index contributed by atoms with van der Waals surface area (Å²) in [6.45, 7) is 2.89. The van der Waals surface area contributed by atoms with Gasteiger partial charge >= 0.3 is 0 Å². The Kier molecular flexibility index (Phi) is 2.64. The maximum Gasteiger partial charge on any atom is 0.0948 e. The Morgan fingerprint density at radius 1 is 1.28 bits per heavy atom. The zero-order valence-corrected chi connectivity index (χ0v) is 10.5. The average molecular weight is 240 g/mol. The quantitative estimate of drug-likeness (QED) is 0.659. The molecule has 2 aromatic heterocycles. The fourth-order valence-electron chi connectivity index (χ4n) is 2.38. The molecule has 0 saturated heterocycles. The lowest BCUT2D eigenvalue weighted by Gasteiger charge is -1.95. The minimum absolute atomic E-state index is 0.800. The third-order valence-corrected chi connectivity index (χ3v) is 3.15. The minimum Gasteiger partial charge on any atom is -0.358 e. The van der Waals surface area contributed by atoms with E-state index < -0.39 is 0 Å². The van der Waals surface area contributed by atoms with E-state index in [-0.39, 0.29) is 0 Å². The van der Waals surface area contributed by atoms with Crippen LogP contribution in [-0.4, -0.2) is 22.2 Å². The van der Waals surface area contributed by atoms with E-state index in [2.05, 4.69) is 51.7 Å². The molecule has 0 saturated carbocycles. The van der Waals surface area contributed by atoms with Crippen LogP contribution in [-0.2, 0) is 6.54 Å². The van der Waals surface area contributed by atoms with Crippen molar-refractivity contribution in [2.75, 3.05) is 7.05 Å². The number of aromatic amines is 2. The van der Waals surface area contributed by atoms with E-state index in [1.54, 1.807) is 0 Å². The van der Waals surface area contributed by atoms with Crippen LogP contribution in [0.25, 0.3) is 22.2 Å². The highest BCUT2D eigenvalue weighted by molar-refractivity contribution is 5.96. The molecule has 0 radical (unpaired) electrons. The van der Waals surface area contributed by atoms with Crippen molar-refractivity contribution < 1.29 is 0 Å². The molecule has 4 nitrogen and oxygen atoms in total. The zero-order valence-electron chi connectivity index (χ0n) is 10.5. The number of benzene rings is 1. The van der Waals surface area contributed by atoms with Crippen molar-refractivity contribution in [2.24, 2.45) is 0 Å². The number of aryl methyl sites for hydroxylation is 1. The van der Waals surface area contributed by atoms with E-state index in [0.717, 1.165) is 29.1 Å². The Morgan fingerprint density at radius 3 is 2.94 bits per heavy atom.